The van der Waals surface area contributed by atoms with Crippen LogP contribution in [0.15, 0.2) is 65.7 Å². The zero-order valence-corrected chi connectivity index (χ0v) is 22.7. The minimum absolute atomic E-state index is 0.0299. The molecule has 0 saturated heterocycles. The maximum atomic E-state index is 13.0. The summed E-state index contributed by atoms with van der Waals surface area (Å²) in [7, 11) is 0. The fourth-order valence-electron chi connectivity index (χ4n) is 3.67. The van der Waals surface area contributed by atoms with Gasteiger partial charge in [-0.2, -0.15) is 0 Å². The predicted molar refractivity (Wildman–Crippen MR) is 153 cm³/mol. The summed E-state index contributed by atoms with van der Waals surface area (Å²) in [5, 5.41) is 10.5. The Morgan fingerprint density at radius 2 is 1.50 bits per heavy atom. The Morgan fingerprint density at radius 3 is 2.18 bits per heavy atom. The number of phenols is 1. The van der Waals surface area contributed by atoms with Gasteiger partial charge in [0.2, 0.25) is 0 Å². The number of benzene rings is 3. The molecule has 0 unspecified atom stereocenters. The molecule has 0 aliphatic rings. The molecule has 6 heteroatoms. The van der Waals surface area contributed by atoms with Crippen molar-refractivity contribution in [1.29, 1.82) is 0 Å². The molecular weight excluding hydrogens is 478 g/mol. The van der Waals surface area contributed by atoms with Crippen molar-refractivity contribution in [3.8, 4) is 23.0 Å². The van der Waals surface area contributed by atoms with Crippen LogP contribution in [0.1, 0.15) is 80.8 Å². The molecule has 202 valence electrons. The Hall–Kier alpha value is -3.80. The molecule has 3 aromatic rings. The summed E-state index contributed by atoms with van der Waals surface area (Å²) in [6.07, 6.45) is 8.82. The Kier molecular flexibility index (Phi) is 11.7. The first kappa shape index (κ1) is 28.8. The van der Waals surface area contributed by atoms with E-state index in [1.807, 2.05) is 12.1 Å². The summed E-state index contributed by atoms with van der Waals surface area (Å²) in [5.74, 6) is 0.704. The lowest BCUT2D eigenvalue weighted by atomic mass is 10.1. The normalized spacial score (nSPS) is 11.0. The molecule has 1 N–H and O–H groups in total. The van der Waals surface area contributed by atoms with Crippen LogP contribution in [0.3, 0.4) is 0 Å². The number of hydrogen-bond donors (Lipinski definition) is 1. The average molecular weight is 518 g/mol. The Morgan fingerprint density at radius 1 is 0.816 bits per heavy atom. The maximum absolute atomic E-state index is 13.0. The number of hydrogen-bond acceptors (Lipinski definition) is 6. The Labute approximate surface area is 226 Å². The van der Waals surface area contributed by atoms with E-state index in [0.717, 1.165) is 37.8 Å². The van der Waals surface area contributed by atoms with E-state index in [0.29, 0.717) is 35.8 Å². The van der Waals surface area contributed by atoms with Crippen molar-refractivity contribution < 1.29 is 24.1 Å². The van der Waals surface area contributed by atoms with Gasteiger partial charge in [0.25, 0.3) is 0 Å². The maximum Gasteiger partial charge on any atom is 0.347 e. The molecule has 3 aromatic carbocycles. The van der Waals surface area contributed by atoms with Crippen LogP contribution in [0.2, 0.25) is 0 Å². The molecule has 6 nitrogen and oxygen atoms in total. The van der Waals surface area contributed by atoms with Gasteiger partial charge in [-0.05, 0) is 67.6 Å². The smallest absolute Gasteiger partial charge is 0.347 e. The van der Waals surface area contributed by atoms with Crippen LogP contribution in [0.5, 0.6) is 23.0 Å². The van der Waals surface area contributed by atoms with Gasteiger partial charge in [0.15, 0.2) is 0 Å². The highest BCUT2D eigenvalue weighted by molar-refractivity contribution is 5.94. The Bertz CT molecular complexity index is 1190. The highest BCUT2D eigenvalue weighted by Gasteiger charge is 2.17. The lowest BCUT2D eigenvalue weighted by molar-refractivity contribution is 0.0730. The van der Waals surface area contributed by atoms with Gasteiger partial charge >= 0.3 is 5.97 Å². The molecule has 38 heavy (non-hydrogen) atoms. The van der Waals surface area contributed by atoms with E-state index in [4.69, 9.17) is 14.2 Å². The van der Waals surface area contributed by atoms with Crippen LogP contribution in [0.25, 0.3) is 0 Å². The van der Waals surface area contributed by atoms with Crippen molar-refractivity contribution in [2.75, 3.05) is 13.2 Å². The number of ether oxygens (including phenoxy) is 3. The van der Waals surface area contributed by atoms with E-state index in [1.54, 1.807) is 36.5 Å². The number of aryl methyl sites for hydroxylation is 1. The van der Waals surface area contributed by atoms with E-state index in [-0.39, 0.29) is 11.5 Å². The molecule has 0 spiro atoms. The predicted octanol–water partition coefficient (Wildman–Crippen LogP) is 8.06. The van der Waals surface area contributed by atoms with Crippen LogP contribution in [-0.2, 0) is 6.42 Å². The number of nitrogens with zero attached hydrogens (tertiary/aromatic N) is 1. The van der Waals surface area contributed by atoms with Crippen LogP contribution in [0.4, 0.5) is 5.69 Å². The van der Waals surface area contributed by atoms with E-state index < -0.39 is 5.97 Å². The van der Waals surface area contributed by atoms with Gasteiger partial charge < -0.3 is 19.3 Å². The van der Waals surface area contributed by atoms with Crippen LogP contribution < -0.4 is 14.2 Å². The number of aliphatic imine (C=N–C) groups is 1. The molecule has 3 rings (SSSR count). The van der Waals surface area contributed by atoms with Crippen LogP contribution in [-0.4, -0.2) is 30.5 Å². The average Bonchev–Trinajstić information content (AvgIpc) is 2.92. The third-order valence-corrected chi connectivity index (χ3v) is 6.02. The van der Waals surface area contributed by atoms with Crippen molar-refractivity contribution in [3.05, 3.63) is 77.4 Å². The van der Waals surface area contributed by atoms with Crippen LogP contribution in [0, 0.1) is 0 Å². The van der Waals surface area contributed by atoms with E-state index in [9.17, 15) is 9.90 Å². The number of phenolic OH excluding ortho intramolecular Hbond substituents is 1. The summed E-state index contributed by atoms with van der Waals surface area (Å²) in [6, 6.07) is 17.9. The molecule has 0 radical (unpaired) electrons. The molecule has 0 aromatic heterocycles. The SMILES string of the molecule is CCCCOc1ccc(C(=O)Oc2ccc(C=Nc3ccc(CCCC)cc3)c(O)c2)c(OCCCC)c1. The minimum Gasteiger partial charge on any atom is -0.507 e. The van der Waals surface area contributed by atoms with E-state index in [2.05, 4.69) is 37.9 Å². The van der Waals surface area contributed by atoms with E-state index >= 15 is 0 Å². The van der Waals surface area contributed by atoms with E-state index in [1.165, 1.54) is 24.5 Å². The number of esters is 1. The lowest BCUT2D eigenvalue weighted by Crippen LogP contribution is -2.12. The minimum atomic E-state index is -0.569. The molecular formula is C32H39NO5. The van der Waals surface area contributed by atoms with Crippen molar-refractivity contribution in [2.24, 2.45) is 4.99 Å². The summed E-state index contributed by atoms with van der Waals surface area (Å²) < 4.78 is 17.2. The van der Waals surface area contributed by atoms with Crippen molar-refractivity contribution in [3.63, 3.8) is 0 Å². The molecule has 0 aliphatic heterocycles. The summed E-state index contributed by atoms with van der Waals surface area (Å²) in [4.78, 5) is 17.4. The second-order valence-electron chi connectivity index (χ2n) is 9.20. The topological polar surface area (TPSA) is 77.4 Å². The van der Waals surface area contributed by atoms with Gasteiger partial charge in [-0.3, -0.25) is 4.99 Å². The third kappa shape index (κ3) is 8.94. The number of carbonyl (C=O) groups is 1. The summed E-state index contributed by atoms with van der Waals surface area (Å²) in [6.45, 7) is 7.46. The van der Waals surface area contributed by atoms with Crippen molar-refractivity contribution >= 4 is 17.9 Å². The monoisotopic (exact) mass is 517 g/mol. The standard InChI is InChI=1S/C32H39NO5/c1-4-7-10-24-11-14-26(15-12-24)33-23-25-13-16-28(21-30(25)34)38-32(35)29-18-17-27(36-19-8-5-2)22-31(29)37-20-9-6-3/h11-18,21-23,34H,4-10,19-20H2,1-3H3. The highest BCUT2D eigenvalue weighted by atomic mass is 16.5. The first-order valence-corrected chi connectivity index (χ1v) is 13.6. The van der Waals surface area contributed by atoms with Gasteiger partial charge in [-0.15, -0.1) is 0 Å². The van der Waals surface area contributed by atoms with Crippen LogP contribution >= 0.6 is 0 Å². The van der Waals surface area contributed by atoms with Crippen molar-refractivity contribution in [2.45, 2.75) is 65.7 Å². The Balaban J connectivity index is 1.68. The zero-order valence-electron chi connectivity index (χ0n) is 22.7. The second kappa shape index (κ2) is 15.5. The van der Waals surface area contributed by atoms with Gasteiger partial charge in [0.1, 0.15) is 28.6 Å². The highest BCUT2D eigenvalue weighted by Crippen LogP contribution is 2.29. The molecule has 0 saturated carbocycles. The largest absolute Gasteiger partial charge is 0.507 e. The molecule has 0 heterocycles. The quantitative estimate of drug-likeness (QED) is 0.0955. The number of aromatic hydroxyl groups is 1. The molecule has 0 atom stereocenters. The first-order chi connectivity index (χ1) is 18.5. The van der Waals surface area contributed by atoms with Gasteiger partial charge in [-0.25, -0.2) is 4.79 Å². The molecule has 0 fully saturated rings. The fraction of sp³-hybridized carbons (Fsp3) is 0.375. The van der Waals surface area contributed by atoms with Crippen molar-refractivity contribution in [1.82, 2.24) is 0 Å². The summed E-state index contributed by atoms with van der Waals surface area (Å²) in [5.41, 5.74) is 2.92. The molecule has 0 aliphatic carbocycles. The number of unbranched alkanes of at least 4 members (excludes halogenated alkanes) is 3. The first-order valence-electron chi connectivity index (χ1n) is 13.6. The zero-order chi connectivity index (χ0) is 27.2. The lowest BCUT2D eigenvalue weighted by Gasteiger charge is -2.14. The van der Waals surface area contributed by atoms with Gasteiger partial charge in [-0.1, -0.05) is 52.2 Å². The molecule has 0 amide bonds. The summed E-state index contributed by atoms with van der Waals surface area (Å²) >= 11 is 0. The number of carbonyl (C=O) groups excluding carboxylic acids is 1. The number of rotatable bonds is 15. The third-order valence-electron chi connectivity index (χ3n) is 6.02. The second-order valence-corrected chi connectivity index (χ2v) is 9.20. The van der Waals surface area contributed by atoms with Gasteiger partial charge in [0, 0.05) is 23.9 Å². The van der Waals surface area contributed by atoms with Gasteiger partial charge in [0.05, 0.1) is 18.9 Å². The fourth-order valence-corrected chi connectivity index (χ4v) is 3.67. The molecule has 0 bridgehead atoms.